The highest BCUT2D eigenvalue weighted by Crippen LogP contribution is 2.38. The summed E-state index contributed by atoms with van der Waals surface area (Å²) in [7, 11) is 0. The predicted molar refractivity (Wildman–Crippen MR) is 91.7 cm³/mol. The van der Waals surface area contributed by atoms with Crippen molar-refractivity contribution in [2.24, 2.45) is 0 Å². The van der Waals surface area contributed by atoms with Gasteiger partial charge >= 0.3 is 0 Å². The summed E-state index contributed by atoms with van der Waals surface area (Å²) in [6.45, 7) is 0. The molecule has 0 nitrogen and oxygen atoms in total. The van der Waals surface area contributed by atoms with Gasteiger partial charge in [-0.2, -0.15) is 0 Å². The standard InChI is InChI=1S/C12H5Br3Cl2.CH4/c13-9-3-6(4-10(14)12(9)15)8-2-1-7(16)5-11(8)17;/h1-5H;1H4. The highest BCUT2D eigenvalue weighted by molar-refractivity contribution is 9.14. The monoisotopic (exact) mass is 472 g/mol. The Hall–Kier alpha value is 0.460. The third-order valence-electron chi connectivity index (χ3n) is 2.23. The molecule has 2 aromatic rings. The van der Waals surface area contributed by atoms with E-state index in [4.69, 9.17) is 23.2 Å². The van der Waals surface area contributed by atoms with Crippen molar-refractivity contribution in [3.05, 3.63) is 53.8 Å². The van der Waals surface area contributed by atoms with Crippen molar-refractivity contribution >= 4 is 71.0 Å². The predicted octanol–water partition coefficient (Wildman–Crippen LogP) is 7.58. The number of rotatable bonds is 1. The van der Waals surface area contributed by atoms with Crippen molar-refractivity contribution in [3.8, 4) is 11.1 Å². The molecular formula is C13H9Br3Cl2. The van der Waals surface area contributed by atoms with E-state index in [9.17, 15) is 0 Å². The molecule has 0 heterocycles. The van der Waals surface area contributed by atoms with E-state index in [1.165, 1.54) is 0 Å². The topological polar surface area (TPSA) is 0 Å². The van der Waals surface area contributed by atoms with Gasteiger partial charge in [0.25, 0.3) is 0 Å². The van der Waals surface area contributed by atoms with Crippen molar-refractivity contribution in [2.75, 3.05) is 0 Å². The second-order valence-electron chi connectivity index (χ2n) is 3.38. The summed E-state index contributed by atoms with van der Waals surface area (Å²) in [6, 6.07) is 9.48. The minimum Gasteiger partial charge on any atom is -0.0843 e. The van der Waals surface area contributed by atoms with E-state index in [1.807, 2.05) is 24.3 Å². The fourth-order valence-corrected chi connectivity index (χ4v) is 3.37. The molecule has 0 radical (unpaired) electrons. The molecule has 0 atom stereocenters. The quantitative estimate of drug-likeness (QED) is 0.373. The highest BCUT2D eigenvalue weighted by Gasteiger charge is 2.09. The SMILES string of the molecule is C.Clc1ccc(-c2cc(Br)c(Br)c(Br)c2)c(Cl)c1. The van der Waals surface area contributed by atoms with Crippen molar-refractivity contribution in [3.63, 3.8) is 0 Å². The van der Waals surface area contributed by atoms with Gasteiger partial charge in [-0.1, -0.05) is 36.7 Å². The van der Waals surface area contributed by atoms with E-state index < -0.39 is 0 Å². The van der Waals surface area contributed by atoms with E-state index in [-0.39, 0.29) is 7.43 Å². The summed E-state index contributed by atoms with van der Waals surface area (Å²) in [5.74, 6) is 0. The van der Waals surface area contributed by atoms with Gasteiger partial charge in [-0.15, -0.1) is 0 Å². The van der Waals surface area contributed by atoms with Gasteiger partial charge in [0.05, 0.1) is 0 Å². The zero-order valence-electron chi connectivity index (χ0n) is 8.28. The molecule has 0 aromatic heterocycles. The first-order valence-electron chi connectivity index (χ1n) is 4.59. The van der Waals surface area contributed by atoms with Crippen LogP contribution in [0, 0.1) is 0 Å². The van der Waals surface area contributed by atoms with Crippen LogP contribution in [-0.4, -0.2) is 0 Å². The molecule has 0 aliphatic heterocycles. The normalized spacial score (nSPS) is 10.1. The van der Waals surface area contributed by atoms with E-state index in [0.717, 1.165) is 24.5 Å². The third-order valence-corrected chi connectivity index (χ3v) is 5.94. The lowest BCUT2D eigenvalue weighted by Crippen LogP contribution is -1.82. The fraction of sp³-hybridized carbons (Fsp3) is 0.0769. The average molecular weight is 476 g/mol. The van der Waals surface area contributed by atoms with Crippen molar-refractivity contribution in [2.45, 2.75) is 7.43 Å². The maximum Gasteiger partial charge on any atom is 0.0499 e. The Labute approximate surface area is 142 Å². The summed E-state index contributed by atoms with van der Waals surface area (Å²) < 4.78 is 2.91. The first-order valence-corrected chi connectivity index (χ1v) is 7.72. The van der Waals surface area contributed by atoms with Gasteiger partial charge in [-0.25, -0.2) is 0 Å². The minimum atomic E-state index is 0. The van der Waals surface area contributed by atoms with E-state index in [2.05, 4.69) is 47.8 Å². The maximum atomic E-state index is 6.18. The first-order chi connectivity index (χ1) is 7.99. The lowest BCUT2D eigenvalue weighted by Gasteiger charge is -2.08. The lowest BCUT2D eigenvalue weighted by molar-refractivity contribution is 1.52. The second kappa shape index (κ2) is 6.76. The van der Waals surface area contributed by atoms with Crippen molar-refractivity contribution < 1.29 is 0 Å². The van der Waals surface area contributed by atoms with Crippen LogP contribution in [0.25, 0.3) is 11.1 Å². The van der Waals surface area contributed by atoms with Crippen LogP contribution in [0.4, 0.5) is 0 Å². The van der Waals surface area contributed by atoms with Gasteiger partial charge in [0, 0.05) is 29.0 Å². The summed E-state index contributed by atoms with van der Waals surface area (Å²) in [5, 5.41) is 1.27. The van der Waals surface area contributed by atoms with Crippen molar-refractivity contribution in [1.29, 1.82) is 0 Å². The molecule has 0 aliphatic rings. The van der Waals surface area contributed by atoms with E-state index in [0.29, 0.717) is 10.0 Å². The largest absolute Gasteiger partial charge is 0.0843 e. The van der Waals surface area contributed by atoms with Gasteiger partial charge in [0.1, 0.15) is 0 Å². The first kappa shape index (κ1) is 16.5. The Morgan fingerprint density at radius 2 is 1.39 bits per heavy atom. The van der Waals surface area contributed by atoms with Gasteiger partial charge in [-0.05, 0) is 77.6 Å². The number of hydrogen-bond acceptors (Lipinski definition) is 0. The molecule has 0 saturated heterocycles. The molecule has 0 saturated carbocycles. The van der Waals surface area contributed by atoms with Gasteiger partial charge < -0.3 is 0 Å². The van der Waals surface area contributed by atoms with E-state index in [1.54, 1.807) is 6.07 Å². The molecule has 0 unspecified atom stereocenters. The smallest absolute Gasteiger partial charge is 0.0499 e. The highest BCUT2D eigenvalue weighted by atomic mass is 79.9. The molecule has 0 amide bonds. The third kappa shape index (κ3) is 3.51. The Bertz CT molecular complexity index is 559. The van der Waals surface area contributed by atoms with E-state index >= 15 is 0 Å². The molecular weight excluding hydrogens is 467 g/mol. The Kier molecular flexibility index (Phi) is 6.20. The summed E-state index contributed by atoms with van der Waals surface area (Å²) in [5.41, 5.74) is 1.97. The summed E-state index contributed by atoms with van der Waals surface area (Å²) >= 11 is 22.5. The zero-order chi connectivity index (χ0) is 12.6. The number of halogens is 5. The summed E-state index contributed by atoms with van der Waals surface area (Å²) in [6.07, 6.45) is 0. The van der Waals surface area contributed by atoms with Gasteiger partial charge in [0.2, 0.25) is 0 Å². The second-order valence-corrected chi connectivity index (χ2v) is 6.72. The molecule has 0 N–H and O–H groups in total. The van der Waals surface area contributed by atoms with Crippen LogP contribution in [0.1, 0.15) is 7.43 Å². The van der Waals surface area contributed by atoms with Crippen LogP contribution in [-0.2, 0) is 0 Å². The zero-order valence-corrected chi connectivity index (χ0v) is 14.5. The molecule has 5 heteroatoms. The van der Waals surface area contributed by atoms with Crippen LogP contribution in [0.3, 0.4) is 0 Å². The minimum absolute atomic E-state index is 0. The van der Waals surface area contributed by atoms with Crippen LogP contribution in [0.2, 0.25) is 10.0 Å². The molecule has 0 spiro atoms. The Morgan fingerprint density at radius 3 is 1.89 bits per heavy atom. The van der Waals surface area contributed by atoms with Crippen molar-refractivity contribution in [1.82, 2.24) is 0 Å². The Morgan fingerprint density at radius 1 is 0.833 bits per heavy atom. The molecule has 0 aliphatic carbocycles. The number of hydrogen-bond donors (Lipinski definition) is 0. The molecule has 18 heavy (non-hydrogen) atoms. The lowest BCUT2D eigenvalue weighted by atomic mass is 10.1. The maximum absolute atomic E-state index is 6.18. The molecule has 96 valence electrons. The van der Waals surface area contributed by atoms with Crippen LogP contribution in [0.15, 0.2) is 43.7 Å². The van der Waals surface area contributed by atoms with Gasteiger partial charge in [0.15, 0.2) is 0 Å². The Balaban J connectivity index is 0.00000162. The average Bonchev–Trinajstić information content (AvgIpc) is 2.25. The van der Waals surface area contributed by atoms with Crippen LogP contribution < -0.4 is 0 Å². The van der Waals surface area contributed by atoms with Gasteiger partial charge in [-0.3, -0.25) is 0 Å². The fourth-order valence-electron chi connectivity index (χ4n) is 1.43. The van der Waals surface area contributed by atoms with Crippen LogP contribution >= 0.6 is 71.0 Å². The molecule has 0 bridgehead atoms. The number of benzene rings is 2. The molecule has 0 fully saturated rings. The molecule has 2 aromatic carbocycles. The molecule has 2 rings (SSSR count). The van der Waals surface area contributed by atoms with Crippen LogP contribution in [0.5, 0.6) is 0 Å². The summed E-state index contributed by atoms with van der Waals surface area (Å²) in [4.78, 5) is 0.